The Morgan fingerprint density at radius 1 is 1.19 bits per heavy atom. The molecule has 0 saturated heterocycles. The van der Waals surface area contributed by atoms with Gasteiger partial charge >= 0.3 is 5.91 Å². The predicted molar refractivity (Wildman–Crippen MR) is 108 cm³/mol. The molecule has 1 atom stereocenters. The van der Waals surface area contributed by atoms with Crippen molar-refractivity contribution in [2.45, 2.75) is 26.3 Å². The molecule has 0 radical (unpaired) electrons. The minimum Gasteiger partial charge on any atom is -0.291 e. The zero-order valence-corrected chi connectivity index (χ0v) is 16.4. The number of aromatic nitrogens is 1. The van der Waals surface area contributed by atoms with Gasteiger partial charge in [0.05, 0.1) is 34.2 Å². The zero-order chi connectivity index (χ0) is 19.1. The summed E-state index contributed by atoms with van der Waals surface area (Å²) in [7, 11) is 1.95. The molecule has 1 aromatic heterocycles. The van der Waals surface area contributed by atoms with Gasteiger partial charge in [-0.05, 0) is 50.2 Å². The van der Waals surface area contributed by atoms with E-state index in [4.69, 9.17) is 4.98 Å². The molecule has 2 heterocycles. The molecule has 138 valence electrons. The Balaban J connectivity index is 1.58. The van der Waals surface area contributed by atoms with E-state index in [-0.39, 0.29) is 6.04 Å². The van der Waals surface area contributed by atoms with Crippen LogP contribution in [0.25, 0.3) is 10.2 Å². The van der Waals surface area contributed by atoms with Crippen LogP contribution in [-0.2, 0) is 11.2 Å². The summed E-state index contributed by atoms with van der Waals surface area (Å²) in [6.07, 6.45) is 0.837. The number of ketones is 1. The molecule has 0 saturated carbocycles. The number of carbonyl (C=O) groups is 2. The van der Waals surface area contributed by atoms with E-state index >= 15 is 0 Å². The van der Waals surface area contributed by atoms with Crippen molar-refractivity contribution in [3.63, 3.8) is 0 Å². The first-order valence-corrected chi connectivity index (χ1v) is 9.86. The monoisotopic (exact) mass is 379 g/mol. The number of fused-ring (bicyclic) bond motifs is 2. The van der Waals surface area contributed by atoms with E-state index < -0.39 is 11.7 Å². The molecule has 0 N–H and O–H groups in total. The Morgan fingerprint density at radius 2 is 1.96 bits per heavy atom. The summed E-state index contributed by atoms with van der Waals surface area (Å²) in [5, 5.41) is 0.998. The molecule has 0 aliphatic carbocycles. The third-order valence-electron chi connectivity index (χ3n) is 5.14. The number of carbonyl (C=O) groups excluding carboxylic acids is 2. The van der Waals surface area contributed by atoms with Crippen LogP contribution in [0.5, 0.6) is 0 Å². The summed E-state index contributed by atoms with van der Waals surface area (Å²) in [5.41, 5.74) is 3.27. The van der Waals surface area contributed by atoms with E-state index in [0.29, 0.717) is 17.9 Å². The van der Waals surface area contributed by atoms with E-state index in [2.05, 4.69) is 13.0 Å². The maximum absolute atomic E-state index is 12.5. The maximum Gasteiger partial charge on any atom is 0.300 e. The van der Waals surface area contributed by atoms with Crippen molar-refractivity contribution in [1.82, 2.24) is 9.88 Å². The summed E-state index contributed by atoms with van der Waals surface area (Å²) < 4.78 is 1.15. The number of aryl methyl sites for hydroxylation is 1. The fraction of sp³-hybridized carbons (Fsp3) is 0.286. The van der Waals surface area contributed by atoms with Gasteiger partial charge in [-0.15, -0.1) is 11.3 Å². The van der Waals surface area contributed by atoms with Crippen molar-refractivity contribution < 1.29 is 9.59 Å². The Labute approximate surface area is 162 Å². The topological polar surface area (TPSA) is 53.5 Å². The Morgan fingerprint density at radius 3 is 2.70 bits per heavy atom. The van der Waals surface area contributed by atoms with Crippen molar-refractivity contribution >= 4 is 38.9 Å². The second kappa shape index (κ2) is 6.87. The van der Waals surface area contributed by atoms with Gasteiger partial charge in [0.15, 0.2) is 0 Å². The van der Waals surface area contributed by atoms with E-state index in [1.807, 2.05) is 55.3 Å². The van der Waals surface area contributed by atoms with Crippen molar-refractivity contribution in [1.29, 1.82) is 0 Å². The van der Waals surface area contributed by atoms with Crippen LogP contribution in [0, 0.1) is 0 Å². The van der Waals surface area contributed by atoms with Crippen molar-refractivity contribution in [2.75, 3.05) is 18.6 Å². The molecule has 0 spiro atoms. The molecule has 0 fully saturated rings. The van der Waals surface area contributed by atoms with Crippen LogP contribution in [0.2, 0.25) is 0 Å². The molecule has 0 bridgehead atoms. The van der Waals surface area contributed by atoms with Crippen LogP contribution >= 0.6 is 11.3 Å². The lowest BCUT2D eigenvalue weighted by Gasteiger charge is -2.28. The molecular weight excluding hydrogens is 358 g/mol. The lowest BCUT2D eigenvalue weighted by Crippen LogP contribution is -2.40. The fourth-order valence-electron chi connectivity index (χ4n) is 3.31. The fourth-order valence-corrected chi connectivity index (χ4v) is 4.40. The largest absolute Gasteiger partial charge is 0.300 e. The second-order valence-electron chi connectivity index (χ2n) is 6.86. The number of benzene rings is 2. The molecule has 4 rings (SSSR count). The quantitative estimate of drug-likeness (QED) is 0.628. The van der Waals surface area contributed by atoms with Crippen LogP contribution in [-0.4, -0.2) is 35.3 Å². The van der Waals surface area contributed by atoms with Gasteiger partial charge in [0.1, 0.15) is 5.01 Å². The Bertz CT molecular complexity index is 1010. The number of rotatable bonds is 5. The van der Waals surface area contributed by atoms with Gasteiger partial charge in [-0.2, -0.15) is 0 Å². The van der Waals surface area contributed by atoms with Crippen molar-refractivity contribution in [2.24, 2.45) is 0 Å². The number of Topliss-reactive ketones (excluding diaryl/α,β-unsaturated/α-hetero) is 1. The second-order valence-corrected chi connectivity index (χ2v) is 7.92. The highest BCUT2D eigenvalue weighted by atomic mass is 32.1. The standard InChI is InChI=1S/C21H21N3O2S/c1-4-14-9-10-17-15(11-14)19(25)21(26)24(17)12-23(3)13(2)20-22-16-7-5-6-8-18(16)27-20/h5-11,13H,4,12H2,1-3H3/t13-/m0/s1. The first kappa shape index (κ1) is 17.8. The minimum atomic E-state index is -0.457. The van der Waals surface area contributed by atoms with Crippen LogP contribution in [0.4, 0.5) is 5.69 Å². The van der Waals surface area contributed by atoms with Crippen LogP contribution in [0.15, 0.2) is 42.5 Å². The first-order valence-electron chi connectivity index (χ1n) is 9.04. The van der Waals surface area contributed by atoms with Gasteiger partial charge in [-0.25, -0.2) is 4.98 Å². The van der Waals surface area contributed by atoms with Crippen molar-refractivity contribution in [3.8, 4) is 0 Å². The number of hydrogen-bond donors (Lipinski definition) is 0. The predicted octanol–water partition coefficient (Wildman–Crippen LogP) is 4.04. The van der Waals surface area contributed by atoms with Crippen LogP contribution in [0.3, 0.4) is 0 Å². The van der Waals surface area contributed by atoms with Gasteiger partial charge in [0.25, 0.3) is 5.78 Å². The number of thiazole rings is 1. The smallest absolute Gasteiger partial charge is 0.291 e. The van der Waals surface area contributed by atoms with Gasteiger partial charge in [0.2, 0.25) is 0 Å². The van der Waals surface area contributed by atoms with Crippen LogP contribution < -0.4 is 4.90 Å². The molecule has 3 aromatic rings. The van der Waals surface area contributed by atoms with Crippen molar-refractivity contribution in [3.05, 3.63) is 58.6 Å². The third kappa shape index (κ3) is 3.05. The SMILES string of the molecule is CCc1ccc2c(c1)C(=O)C(=O)N2CN(C)[C@@H](C)c1nc2ccccc2s1. The maximum atomic E-state index is 12.5. The first-order chi connectivity index (χ1) is 13.0. The number of anilines is 1. The van der Waals surface area contributed by atoms with Crippen LogP contribution in [0.1, 0.15) is 40.8 Å². The van der Waals surface area contributed by atoms with E-state index in [0.717, 1.165) is 27.2 Å². The van der Waals surface area contributed by atoms with E-state index in [9.17, 15) is 9.59 Å². The molecule has 1 aliphatic rings. The summed E-state index contributed by atoms with van der Waals surface area (Å²) in [5.74, 6) is -0.872. The molecule has 6 heteroatoms. The number of nitrogens with zero attached hydrogens (tertiary/aromatic N) is 3. The molecule has 2 aromatic carbocycles. The number of hydrogen-bond acceptors (Lipinski definition) is 5. The number of para-hydroxylation sites is 1. The minimum absolute atomic E-state index is 0.0317. The lowest BCUT2D eigenvalue weighted by atomic mass is 10.1. The van der Waals surface area contributed by atoms with Gasteiger partial charge < -0.3 is 0 Å². The highest BCUT2D eigenvalue weighted by Crippen LogP contribution is 2.33. The molecule has 0 unspecified atom stereocenters. The summed E-state index contributed by atoms with van der Waals surface area (Å²) in [4.78, 5) is 33.3. The summed E-state index contributed by atoms with van der Waals surface area (Å²) in [6, 6.07) is 13.8. The number of amides is 1. The van der Waals surface area contributed by atoms with E-state index in [1.165, 1.54) is 0 Å². The summed E-state index contributed by atoms with van der Waals surface area (Å²) in [6.45, 7) is 4.45. The zero-order valence-electron chi connectivity index (χ0n) is 15.6. The third-order valence-corrected chi connectivity index (χ3v) is 6.34. The molecule has 1 aliphatic heterocycles. The highest BCUT2D eigenvalue weighted by Gasteiger charge is 2.37. The van der Waals surface area contributed by atoms with Gasteiger partial charge in [-0.1, -0.05) is 25.1 Å². The molecule has 5 nitrogen and oxygen atoms in total. The molecule has 1 amide bonds. The Kier molecular flexibility index (Phi) is 4.53. The van der Waals surface area contributed by atoms with Gasteiger partial charge in [-0.3, -0.25) is 19.4 Å². The Hall–Kier alpha value is -2.57. The van der Waals surface area contributed by atoms with E-state index in [1.54, 1.807) is 16.2 Å². The molecular formula is C21H21N3O2S. The molecule has 27 heavy (non-hydrogen) atoms. The van der Waals surface area contributed by atoms with Gasteiger partial charge in [0, 0.05) is 0 Å². The normalized spacial score (nSPS) is 15.0. The average molecular weight is 379 g/mol. The average Bonchev–Trinajstić information content (AvgIpc) is 3.22. The summed E-state index contributed by atoms with van der Waals surface area (Å²) >= 11 is 1.66. The highest BCUT2D eigenvalue weighted by molar-refractivity contribution is 7.18. The lowest BCUT2D eigenvalue weighted by molar-refractivity contribution is -0.114.